The highest BCUT2D eigenvalue weighted by molar-refractivity contribution is 7.22. The largest absolute Gasteiger partial charge is 0.494 e. The van der Waals surface area contributed by atoms with Crippen LogP contribution in [-0.2, 0) is 0 Å². The number of ether oxygens (including phenoxy) is 1. The van der Waals surface area contributed by atoms with Crippen molar-refractivity contribution in [3.8, 4) is 5.75 Å². The Kier molecular flexibility index (Phi) is 4.45. The van der Waals surface area contributed by atoms with Gasteiger partial charge in [-0.05, 0) is 6.07 Å². The molecule has 0 saturated heterocycles. The van der Waals surface area contributed by atoms with Crippen LogP contribution in [0.4, 0.5) is 16.5 Å². The Bertz CT molecular complexity index is 1050. The molecule has 3 rings (SSSR count). The first kappa shape index (κ1) is 17.2. The first-order chi connectivity index (χ1) is 12.4. The van der Waals surface area contributed by atoms with Crippen LogP contribution in [0.15, 0.2) is 36.4 Å². The molecule has 0 fully saturated rings. The van der Waals surface area contributed by atoms with Crippen molar-refractivity contribution >= 4 is 44.0 Å². The Morgan fingerprint density at radius 1 is 1.19 bits per heavy atom. The third-order valence-electron chi connectivity index (χ3n) is 3.44. The lowest BCUT2D eigenvalue weighted by Gasteiger charge is -2.02. The zero-order chi connectivity index (χ0) is 18.8. The first-order valence-electron chi connectivity index (χ1n) is 7.08. The van der Waals surface area contributed by atoms with Gasteiger partial charge in [-0.2, -0.15) is 0 Å². The molecule has 0 unspecified atom stereocenters. The van der Waals surface area contributed by atoms with Gasteiger partial charge in [-0.3, -0.25) is 30.3 Å². The number of carbonyl (C=O) groups excluding carboxylic acids is 1. The molecule has 0 bridgehead atoms. The van der Waals surface area contributed by atoms with Gasteiger partial charge in [-0.15, -0.1) is 0 Å². The van der Waals surface area contributed by atoms with Crippen molar-refractivity contribution in [1.82, 2.24) is 4.98 Å². The number of fused-ring (bicyclic) bond motifs is 1. The molecule has 2 aromatic carbocycles. The number of thiazole rings is 1. The number of anilines is 1. The summed E-state index contributed by atoms with van der Waals surface area (Å²) in [6.07, 6.45) is 0. The molecule has 0 aliphatic carbocycles. The Morgan fingerprint density at radius 2 is 1.92 bits per heavy atom. The number of hydrogen-bond donors (Lipinski definition) is 1. The van der Waals surface area contributed by atoms with Gasteiger partial charge in [0.2, 0.25) is 0 Å². The van der Waals surface area contributed by atoms with E-state index in [9.17, 15) is 25.0 Å². The van der Waals surface area contributed by atoms with E-state index in [-0.39, 0.29) is 27.8 Å². The van der Waals surface area contributed by atoms with Crippen molar-refractivity contribution in [1.29, 1.82) is 0 Å². The molecule has 1 N–H and O–H groups in total. The highest BCUT2D eigenvalue weighted by atomic mass is 32.1. The summed E-state index contributed by atoms with van der Waals surface area (Å²) < 4.78 is 5.55. The number of nitrogens with zero attached hydrogens (tertiary/aromatic N) is 3. The van der Waals surface area contributed by atoms with Gasteiger partial charge in [0.05, 0.1) is 27.7 Å². The number of nitrogens with one attached hydrogen (secondary N) is 1. The summed E-state index contributed by atoms with van der Waals surface area (Å²) in [6, 6.07) is 8.06. The highest BCUT2D eigenvalue weighted by Gasteiger charge is 2.21. The van der Waals surface area contributed by atoms with E-state index in [4.69, 9.17) is 4.74 Å². The number of nitro benzene ring substituents is 2. The molecule has 0 aliphatic heterocycles. The summed E-state index contributed by atoms with van der Waals surface area (Å²) in [4.78, 5) is 37.4. The maximum Gasteiger partial charge on any atom is 0.282 e. The summed E-state index contributed by atoms with van der Waals surface area (Å²) in [5.74, 6) is -0.513. The van der Waals surface area contributed by atoms with Gasteiger partial charge in [0.15, 0.2) is 10.9 Å². The van der Waals surface area contributed by atoms with Gasteiger partial charge >= 0.3 is 0 Å². The normalized spacial score (nSPS) is 10.5. The molecule has 10 nitrogen and oxygen atoms in total. The molecule has 132 valence electrons. The highest BCUT2D eigenvalue weighted by Crippen LogP contribution is 2.36. The molecule has 11 heteroatoms. The predicted octanol–water partition coefficient (Wildman–Crippen LogP) is 3.37. The maximum absolute atomic E-state index is 12.4. The molecule has 0 spiro atoms. The summed E-state index contributed by atoms with van der Waals surface area (Å²) in [5.41, 5.74) is -0.274. The van der Waals surface area contributed by atoms with Crippen molar-refractivity contribution in [3.63, 3.8) is 0 Å². The van der Waals surface area contributed by atoms with Crippen molar-refractivity contribution < 1.29 is 19.4 Å². The topological polar surface area (TPSA) is 138 Å². The number of para-hydroxylation sites is 1. The number of rotatable bonds is 5. The van der Waals surface area contributed by atoms with Crippen LogP contribution < -0.4 is 10.1 Å². The standard InChI is InChI=1S/C15H10N4O6S/c1-25-11-6-8(18(21)22)7-12-13(11)16-15(26-12)17-14(20)9-4-2-3-5-10(9)19(23)24/h2-7H,1H3,(H,16,17,20). The summed E-state index contributed by atoms with van der Waals surface area (Å²) in [5, 5.41) is 24.6. The molecule has 3 aromatic rings. The van der Waals surface area contributed by atoms with Gasteiger partial charge in [-0.25, -0.2) is 4.98 Å². The number of amides is 1. The Balaban J connectivity index is 1.98. The van der Waals surface area contributed by atoms with E-state index in [0.29, 0.717) is 10.2 Å². The third kappa shape index (κ3) is 3.15. The quantitative estimate of drug-likeness (QED) is 0.533. The van der Waals surface area contributed by atoms with Gasteiger partial charge in [0.25, 0.3) is 17.3 Å². The van der Waals surface area contributed by atoms with Crippen LogP contribution in [0.1, 0.15) is 10.4 Å². The molecular formula is C15H10N4O6S. The molecule has 0 atom stereocenters. The zero-order valence-electron chi connectivity index (χ0n) is 13.2. The van der Waals surface area contributed by atoms with Crippen LogP contribution >= 0.6 is 11.3 Å². The summed E-state index contributed by atoms with van der Waals surface area (Å²) >= 11 is 0.998. The fourth-order valence-corrected chi connectivity index (χ4v) is 3.20. The minimum Gasteiger partial charge on any atom is -0.494 e. The van der Waals surface area contributed by atoms with Crippen LogP contribution in [0.2, 0.25) is 0 Å². The van der Waals surface area contributed by atoms with Crippen LogP contribution in [0, 0.1) is 20.2 Å². The number of benzene rings is 2. The Hall–Kier alpha value is -3.60. The zero-order valence-corrected chi connectivity index (χ0v) is 14.0. The van der Waals surface area contributed by atoms with E-state index in [1.54, 1.807) is 0 Å². The summed E-state index contributed by atoms with van der Waals surface area (Å²) in [7, 11) is 1.35. The molecule has 1 aromatic heterocycles. The van der Waals surface area contributed by atoms with Crippen molar-refractivity contribution in [3.05, 3.63) is 62.2 Å². The Labute approximate surface area is 149 Å². The monoisotopic (exact) mass is 374 g/mol. The van der Waals surface area contributed by atoms with E-state index in [0.717, 1.165) is 11.3 Å². The number of carbonyl (C=O) groups is 1. The van der Waals surface area contributed by atoms with Gasteiger partial charge in [0.1, 0.15) is 11.1 Å². The Morgan fingerprint density at radius 3 is 2.58 bits per heavy atom. The minimum absolute atomic E-state index is 0.116. The van der Waals surface area contributed by atoms with E-state index in [2.05, 4.69) is 10.3 Å². The second-order valence-electron chi connectivity index (χ2n) is 5.00. The van der Waals surface area contributed by atoms with E-state index < -0.39 is 15.8 Å². The minimum atomic E-state index is -0.704. The van der Waals surface area contributed by atoms with Crippen molar-refractivity contribution in [2.75, 3.05) is 12.4 Å². The smallest absolute Gasteiger partial charge is 0.282 e. The van der Waals surface area contributed by atoms with Crippen molar-refractivity contribution in [2.24, 2.45) is 0 Å². The number of non-ortho nitro benzene ring substituents is 1. The van der Waals surface area contributed by atoms with Gasteiger partial charge in [0, 0.05) is 12.1 Å². The number of methoxy groups -OCH3 is 1. The molecular weight excluding hydrogens is 364 g/mol. The molecule has 1 amide bonds. The van der Waals surface area contributed by atoms with Crippen LogP contribution in [0.5, 0.6) is 5.75 Å². The lowest BCUT2D eigenvalue weighted by atomic mass is 10.1. The van der Waals surface area contributed by atoms with Crippen LogP contribution in [-0.4, -0.2) is 27.8 Å². The van der Waals surface area contributed by atoms with Gasteiger partial charge in [-0.1, -0.05) is 23.5 Å². The molecule has 0 aliphatic rings. The van der Waals surface area contributed by atoms with E-state index in [1.165, 1.54) is 43.5 Å². The lowest BCUT2D eigenvalue weighted by Crippen LogP contribution is -2.13. The number of aromatic nitrogens is 1. The molecule has 1 heterocycles. The van der Waals surface area contributed by atoms with Crippen molar-refractivity contribution in [2.45, 2.75) is 0 Å². The number of hydrogen-bond acceptors (Lipinski definition) is 8. The average molecular weight is 374 g/mol. The number of nitro groups is 2. The second kappa shape index (κ2) is 6.72. The van der Waals surface area contributed by atoms with Crippen LogP contribution in [0.25, 0.3) is 10.2 Å². The predicted molar refractivity (Wildman–Crippen MR) is 93.9 cm³/mol. The fraction of sp³-hybridized carbons (Fsp3) is 0.0667. The van der Waals surface area contributed by atoms with Crippen LogP contribution in [0.3, 0.4) is 0 Å². The first-order valence-corrected chi connectivity index (χ1v) is 7.90. The lowest BCUT2D eigenvalue weighted by molar-refractivity contribution is -0.385. The average Bonchev–Trinajstić information content (AvgIpc) is 3.02. The van der Waals surface area contributed by atoms with Gasteiger partial charge < -0.3 is 4.74 Å². The molecule has 0 saturated carbocycles. The molecule has 0 radical (unpaired) electrons. The SMILES string of the molecule is COc1cc([N+](=O)[O-])cc2sc(NC(=O)c3ccccc3[N+](=O)[O-])nc12. The van der Waals surface area contributed by atoms with E-state index in [1.807, 2.05) is 0 Å². The fourth-order valence-electron chi connectivity index (χ4n) is 2.29. The maximum atomic E-state index is 12.4. The second-order valence-corrected chi connectivity index (χ2v) is 6.03. The summed E-state index contributed by atoms with van der Waals surface area (Å²) in [6.45, 7) is 0. The van der Waals surface area contributed by atoms with E-state index >= 15 is 0 Å². The molecule has 26 heavy (non-hydrogen) atoms. The third-order valence-corrected chi connectivity index (χ3v) is 4.36.